The average Bonchev–Trinajstić information content (AvgIpc) is 2.85. The lowest BCUT2D eigenvalue weighted by atomic mass is 10.4. The van der Waals surface area contributed by atoms with Crippen molar-refractivity contribution in [2.75, 3.05) is 12.8 Å². The third-order valence-corrected chi connectivity index (χ3v) is 2.02. The van der Waals surface area contributed by atoms with Crippen LogP contribution < -0.4 is 5.73 Å². The SMILES string of the molecule is COC(=O)c1nn(Cc2nnn(C)n2)cc1N. The van der Waals surface area contributed by atoms with Gasteiger partial charge in [-0.15, -0.1) is 10.2 Å². The first-order chi connectivity index (χ1) is 8.10. The van der Waals surface area contributed by atoms with Crippen molar-refractivity contribution in [1.29, 1.82) is 0 Å². The standard InChI is InChI=1S/C8H11N7O2/c1-14-11-6(10-13-14)4-15-3-5(9)7(12-15)8(16)17-2/h3H,4,9H2,1-2H3. The Morgan fingerprint density at radius 3 is 2.88 bits per heavy atom. The molecule has 0 aliphatic rings. The summed E-state index contributed by atoms with van der Waals surface area (Å²) in [6.07, 6.45) is 1.52. The lowest BCUT2D eigenvalue weighted by Gasteiger charge is -1.95. The second-order valence-electron chi connectivity index (χ2n) is 3.32. The minimum absolute atomic E-state index is 0.0800. The van der Waals surface area contributed by atoms with E-state index in [0.29, 0.717) is 5.82 Å². The largest absolute Gasteiger partial charge is 0.464 e. The molecular weight excluding hydrogens is 226 g/mol. The Hall–Kier alpha value is -2.45. The zero-order valence-corrected chi connectivity index (χ0v) is 9.36. The number of methoxy groups -OCH3 is 1. The van der Waals surface area contributed by atoms with Crippen molar-refractivity contribution in [2.24, 2.45) is 7.05 Å². The van der Waals surface area contributed by atoms with E-state index in [9.17, 15) is 4.79 Å². The minimum atomic E-state index is -0.576. The maximum atomic E-state index is 11.3. The number of esters is 1. The molecule has 0 fully saturated rings. The average molecular weight is 237 g/mol. The van der Waals surface area contributed by atoms with Crippen molar-refractivity contribution >= 4 is 11.7 Å². The van der Waals surface area contributed by atoms with Crippen molar-refractivity contribution in [3.05, 3.63) is 17.7 Å². The molecule has 2 heterocycles. The highest BCUT2D eigenvalue weighted by Crippen LogP contribution is 2.10. The van der Waals surface area contributed by atoms with E-state index in [4.69, 9.17) is 5.73 Å². The molecule has 2 aromatic heterocycles. The summed E-state index contributed by atoms with van der Waals surface area (Å²) in [6.45, 7) is 0.287. The predicted octanol–water partition coefficient (Wildman–Crippen LogP) is -1.18. The van der Waals surface area contributed by atoms with Gasteiger partial charge in [0.25, 0.3) is 0 Å². The van der Waals surface area contributed by atoms with Gasteiger partial charge in [-0.25, -0.2) is 4.79 Å². The van der Waals surface area contributed by atoms with Gasteiger partial charge in [-0.2, -0.15) is 9.90 Å². The molecule has 0 bridgehead atoms. The van der Waals surface area contributed by atoms with Crippen LogP contribution in [0.3, 0.4) is 0 Å². The highest BCUT2D eigenvalue weighted by Gasteiger charge is 2.15. The Balaban J connectivity index is 2.20. The fourth-order valence-corrected chi connectivity index (χ4v) is 1.30. The first kappa shape index (κ1) is 11.0. The molecule has 0 aliphatic heterocycles. The van der Waals surface area contributed by atoms with Gasteiger partial charge in [0.15, 0.2) is 11.5 Å². The van der Waals surface area contributed by atoms with Crippen molar-refractivity contribution in [1.82, 2.24) is 30.0 Å². The molecule has 0 saturated carbocycles. The summed E-state index contributed by atoms with van der Waals surface area (Å²) < 4.78 is 6.00. The number of nitrogens with two attached hydrogens (primary N) is 1. The van der Waals surface area contributed by atoms with Crippen LogP contribution >= 0.6 is 0 Å². The number of nitrogen functional groups attached to an aromatic ring is 1. The number of aromatic nitrogens is 6. The van der Waals surface area contributed by atoms with Gasteiger partial charge in [0.2, 0.25) is 0 Å². The van der Waals surface area contributed by atoms with E-state index in [2.05, 4.69) is 25.2 Å². The Morgan fingerprint density at radius 2 is 2.29 bits per heavy atom. The number of carbonyl (C=O) groups excluding carboxylic acids is 1. The van der Waals surface area contributed by atoms with Crippen molar-refractivity contribution in [2.45, 2.75) is 6.54 Å². The topological polar surface area (TPSA) is 114 Å². The van der Waals surface area contributed by atoms with Gasteiger partial charge in [0.05, 0.1) is 19.8 Å². The van der Waals surface area contributed by atoms with E-state index >= 15 is 0 Å². The summed E-state index contributed by atoms with van der Waals surface area (Å²) in [5, 5.41) is 15.5. The maximum absolute atomic E-state index is 11.3. The molecule has 0 saturated heterocycles. The summed E-state index contributed by atoms with van der Waals surface area (Å²) in [5.74, 6) is -0.0974. The summed E-state index contributed by atoms with van der Waals surface area (Å²) in [4.78, 5) is 12.6. The second kappa shape index (κ2) is 4.20. The smallest absolute Gasteiger partial charge is 0.360 e. The molecule has 9 nitrogen and oxygen atoms in total. The number of tetrazole rings is 1. The van der Waals surface area contributed by atoms with E-state index in [-0.39, 0.29) is 17.9 Å². The molecule has 90 valence electrons. The van der Waals surface area contributed by atoms with Crippen molar-refractivity contribution in [3.8, 4) is 0 Å². The molecule has 0 atom stereocenters. The number of ether oxygens (including phenoxy) is 1. The lowest BCUT2D eigenvalue weighted by Crippen LogP contribution is -2.07. The Morgan fingerprint density at radius 1 is 1.53 bits per heavy atom. The zero-order valence-electron chi connectivity index (χ0n) is 9.36. The molecule has 0 spiro atoms. The third kappa shape index (κ3) is 2.22. The van der Waals surface area contributed by atoms with Crippen LogP contribution in [0, 0.1) is 0 Å². The molecule has 0 aromatic carbocycles. The van der Waals surface area contributed by atoms with Gasteiger partial charge in [-0.05, 0) is 5.21 Å². The number of carbonyl (C=O) groups is 1. The van der Waals surface area contributed by atoms with E-state index in [0.717, 1.165) is 0 Å². The summed E-state index contributed by atoms with van der Waals surface area (Å²) in [6, 6.07) is 0. The molecule has 2 N–H and O–H groups in total. The third-order valence-electron chi connectivity index (χ3n) is 2.02. The highest BCUT2D eigenvalue weighted by molar-refractivity contribution is 5.92. The predicted molar refractivity (Wildman–Crippen MR) is 55.9 cm³/mol. The monoisotopic (exact) mass is 237 g/mol. The van der Waals surface area contributed by atoms with Crippen molar-refractivity contribution in [3.63, 3.8) is 0 Å². The van der Waals surface area contributed by atoms with Crippen LogP contribution in [-0.4, -0.2) is 43.1 Å². The van der Waals surface area contributed by atoms with Crippen LogP contribution in [0.25, 0.3) is 0 Å². The Labute approximate surface area is 96.2 Å². The van der Waals surface area contributed by atoms with Crippen LogP contribution in [0.15, 0.2) is 6.20 Å². The lowest BCUT2D eigenvalue weighted by molar-refractivity contribution is 0.0594. The first-order valence-electron chi connectivity index (χ1n) is 4.74. The normalized spacial score (nSPS) is 10.5. The number of nitrogens with zero attached hydrogens (tertiary/aromatic N) is 6. The number of anilines is 1. The molecule has 9 heteroatoms. The molecule has 0 radical (unpaired) electrons. The number of rotatable bonds is 3. The number of aryl methyl sites for hydroxylation is 1. The van der Waals surface area contributed by atoms with Crippen molar-refractivity contribution < 1.29 is 9.53 Å². The van der Waals surface area contributed by atoms with Gasteiger partial charge in [0.1, 0.15) is 6.54 Å². The molecule has 0 amide bonds. The van der Waals surface area contributed by atoms with E-state index < -0.39 is 5.97 Å². The number of hydrogen-bond donors (Lipinski definition) is 1. The van der Waals surface area contributed by atoms with E-state index in [1.807, 2.05) is 0 Å². The first-order valence-corrected chi connectivity index (χ1v) is 4.74. The molecule has 0 unspecified atom stereocenters. The molecule has 2 aromatic rings. The van der Waals surface area contributed by atoms with E-state index in [1.54, 1.807) is 7.05 Å². The van der Waals surface area contributed by atoms with Gasteiger partial charge in [-0.3, -0.25) is 4.68 Å². The fraction of sp³-hybridized carbons (Fsp3) is 0.375. The molecule has 2 rings (SSSR count). The van der Waals surface area contributed by atoms with Crippen LogP contribution in [0.1, 0.15) is 16.3 Å². The minimum Gasteiger partial charge on any atom is -0.464 e. The molecular formula is C8H11N7O2. The van der Waals surface area contributed by atoms with Crippen LogP contribution in [0.5, 0.6) is 0 Å². The Kier molecular flexibility index (Phi) is 2.73. The van der Waals surface area contributed by atoms with Crippen LogP contribution in [0.2, 0.25) is 0 Å². The van der Waals surface area contributed by atoms with Gasteiger partial charge >= 0.3 is 5.97 Å². The zero-order chi connectivity index (χ0) is 12.4. The van der Waals surface area contributed by atoms with Gasteiger partial charge in [0, 0.05) is 6.20 Å². The van der Waals surface area contributed by atoms with Gasteiger partial charge < -0.3 is 10.5 Å². The molecule has 17 heavy (non-hydrogen) atoms. The summed E-state index contributed by atoms with van der Waals surface area (Å²) >= 11 is 0. The highest BCUT2D eigenvalue weighted by atomic mass is 16.5. The van der Waals surface area contributed by atoms with Gasteiger partial charge in [-0.1, -0.05) is 0 Å². The number of hydrogen-bond acceptors (Lipinski definition) is 7. The maximum Gasteiger partial charge on any atom is 0.360 e. The van der Waals surface area contributed by atoms with Crippen LogP contribution in [0.4, 0.5) is 5.69 Å². The van der Waals surface area contributed by atoms with Crippen LogP contribution in [-0.2, 0) is 18.3 Å². The quantitative estimate of drug-likeness (QED) is 0.668. The second-order valence-corrected chi connectivity index (χ2v) is 3.32. The summed E-state index contributed by atoms with van der Waals surface area (Å²) in [5.41, 5.74) is 5.96. The fourth-order valence-electron chi connectivity index (χ4n) is 1.30. The summed E-state index contributed by atoms with van der Waals surface area (Å²) in [7, 11) is 2.93. The van der Waals surface area contributed by atoms with E-state index in [1.165, 1.54) is 22.8 Å². The Bertz CT molecular complexity index is 544. The molecule has 0 aliphatic carbocycles.